The summed E-state index contributed by atoms with van der Waals surface area (Å²) in [6, 6.07) is 5.31. The summed E-state index contributed by atoms with van der Waals surface area (Å²) in [7, 11) is 0. The lowest BCUT2D eigenvalue weighted by molar-refractivity contribution is -0.140. The lowest BCUT2D eigenvalue weighted by atomic mass is 10.1. The molecule has 1 heterocycles. The van der Waals surface area contributed by atoms with E-state index >= 15 is 0 Å². The van der Waals surface area contributed by atoms with Crippen LogP contribution in [0.15, 0.2) is 24.3 Å². The Morgan fingerprint density at radius 1 is 1.30 bits per heavy atom. The number of carbonyl (C=O) groups is 1. The van der Waals surface area contributed by atoms with Crippen LogP contribution in [0.1, 0.15) is 11.1 Å². The minimum absolute atomic E-state index is 0.179. The SMILES string of the molecule is O=C(O)C1C2CN(Cc3cccc(C(F)(F)F)c3)CC21. The van der Waals surface area contributed by atoms with Gasteiger partial charge < -0.3 is 5.11 Å². The summed E-state index contributed by atoms with van der Waals surface area (Å²) in [5.41, 5.74) is -0.0178. The van der Waals surface area contributed by atoms with Crippen molar-refractivity contribution in [2.45, 2.75) is 12.7 Å². The molecule has 0 bridgehead atoms. The number of nitrogens with zero attached hydrogens (tertiary/aromatic N) is 1. The fourth-order valence-corrected chi connectivity index (χ4v) is 3.21. The lowest BCUT2D eigenvalue weighted by Gasteiger charge is -2.19. The fraction of sp³-hybridized carbons (Fsp3) is 0.500. The average molecular weight is 285 g/mol. The molecule has 1 aromatic rings. The third-order valence-corrected chi connectivity index (χ3v) is 4.22. The van der Waals surface area contributed by atoms with E-state index in [1.165, 1.54) is 12.1 Å². The normalized spacial score (nSPS) is 29.2. The molecule has 1 N–H and O–H groups in total. The first-order valence-corrected chi connectivity index (χ1v) is 6.47. The molecule has 1 saturated carbocycles. The van der Waals surface area contributed by atoms with Crippen LogP contribution in [0.2, 0.25) is 0 Å². The molecule has 3 nitrogen and oxygen atoms in total. The molecule has 1 aliphatic carbocycles. The molecule has 1 aliphatic heterocycles. The van der Waals surface area contributed by atoms with Gasteiger partial charge in [0.05, 0.1) is 11.5 Å². The third kappa shape index (κ3) is 2.40. The number of alkyl halides is 3. The van der Waals surface area contributed by atoms with Crippen LogP contribution >= 0.6 is 0 Å². The first kappa shape index (κ1) is 13.4. The second kappa shape index (κ2) is 4.48. The summed E-state index contributed by atoms with van der Waals surface area (Å²) in [5, 5.41) is 8.92. The zero-order valence-corrected chi connectivity index (χ0v) is 10.6. The molecular weight excluding hydrogens is 271 g/mol. The first-order valence-electron chi connectivity index (χ1n) is 6.47. The second-order valence-corrected chi connectivity index (χ2v) is 5.58. The number of hydrogen-bond acceptors (Lipinski definition) is 2. The van der Waals surface area contributed by atoms with Gasteiger partial charge in [0.15, 0.2) is 0 Å². The van der Waals surface area contributed by atoms with Crippen molar-refractivity contribution < 1.29 is 23.1 Å². The molecule has 0 radical (unpaired) electrons. The smallest absolute Gasteiger partial charge is 0.416 e. The molecule has 0 spiro atoms. The quantitative estimate of drug-likeness (QED) is 0.927. The van der Waals surface area contributed by atoms with E-state index < -0.39 is 17.7 Å². The predicted octanol–water partition coefficient (Wildman–Crippen LogP) is 2.47. The molecule has 108 valence electrons. The Hall–Kier alpha value is -1.56. The van der Waals surface area contributed by atoms with Gasteiger partial charge in [-0.2, -0.15) is 13.2 Å². The summed E-state index contributed by atoms with van der Waals surface area (Å²) in [6.07, 6.45) is -4.32. The van der Waals surface area contributed by atoms with Crippen LogP contribution in [0, 0.1) is 17.8 Å². The molecule has 1 aromatic carbocycles. The molecule has 6 heteroatoms. The van der Waals surface area contributed by atoms with Crippen LogP contribution in [-0.2, 0) is 17.5 Å². The number of piperidine rings is 1. The maximum atomic E-state index is 12.6. The van der Waals surface area contributed by atoms with Crippen molar-refractivity contribution in [2.75, 3.05) is 13.1 Å². The summed E-state index contributed by atoms with van der Waals surface area (Å²) < 4.78 is 37.8. The molecule has 2 fully saturated rings. The van der Waals surface area contributed by atoms with E-state index in [0.29, 0.717) is 25.2 Å². The van der Waals surface area contributed by atoms with Gasteiger partial charge in [0.1, 0.15) is 0 Å². The van der Waals surface area contributed by atoms with E-state index in [0.717, 1.165) is 6.07 Å². The van der Waals surface area contributed by atoms with Crippen LogP contribution < -0.4 is 0 Å². The molecule has 2 atom stereocenters. The Kier molecular flexibility index (Phi) is 3.01. The van der Waals surface area contributed by atoms with Gasteiger partial charge in [-0.05, 0) is 23.5 Å². The van der Waals surface area contributed by atoms with Gasteiger partial charge in [0.2, 0.25) is 0 Å². The molecule has 3 rings (SSSR count). The number of halogens is 3. The second-order valence-electron chi connectivity index (χ2n) is 5.58. The van der Waals surface area contributed by atoms with Crippen LogP contribution in [0.5, 0.6) is 0 Å². The Labute approximate surface area is 114 Å². The van der Waals surface area contributed by atoms with Gasteiger partial charge in [-0.25, -0.2) is 0 Å². The van der Waals surface area contributed by atoms with E-state index in [-0.39, 0.29) is 17.8 Å². The van der Waals surface area contributed by atoms with Crippen LogP contribution in [0.25, 0.3) is 0 Å². The summed E-state index contributed by atoms with van der Waals surface area (Å²) in [4.78, 5) is 12.9. The number of benzene rings is 1. The highest BCUT2D eigenvalue weighted by Crippen LogP contribution is 2.52. The van der Waals surface area contributed by atoms with Crippen LogP contribution in [0.4, 0.5) is 13.2 Å². The average Bonchev–Trinajstić information content (AvgIpc) is 2.87. The summed E-state index contributed by atoms with van der Waals surface area (Å²) in [5.74, 6) is -0.636. The number of rotatable bonds is 3. The fourth-order valence-electron chi connectivity index (χ4n) is 3.21. The van der Waals surface area contributed by atoms with E-state index in [1.54, 1.807) is 6.07 Å². The van der Waals surface area contributed by atoms with Gasteiger partial charge in [0, 0.05) is 19.6 Å². The highest BCUT2D eigenvalue weighted by atomic mass is 19.4. The van der Waals surface area contributed by atoms with Crippen molar-refractivity contribution in [1.82, 2.24) is 4.90 Å². The van der Waals surface area contributed by atoms with E-state index in [9.17, 15) is 18.0 Å². The van der Waals surface area contributed by atoms with Gasteiger partial charge >= 0.3 is 12.1 Å². The van der Waals surface area contributed by atoms with Crippen LogP contribution in [-0.4, -0.2) is 29.1 Å². The molecule has 20 heavy (non-hydrogen) atoms. The van der Waals surface area contributed by atoms with Gasteiger partial charge in [-0.3, -0.25) is 9.69 Å². The molecule has 2 unspecified atom stereocenters. The largest absolute Gasteiger partial charge is 0.481 e. The molecule has 0 aromatic heterocycles. The van der Waals surface area contributed by atoms with Gasteiger partial charge in [-0.15, -0.1) is 0 Å². The number of hydrogen-bond donors (Lipinski definition) is 1. The maximum Gasteiger partial charge on any atom is 0.416 e. The number of carboxylic acid groups (broad SMARTS) is 1. The Morgan fingerprint density at radius 3 is 2.50 bits per heavy atom. The zero-order chi connectivity index (χ0) is 14.5. The van der Waals surface area contributed by atoms with Gasteiger partial charge in [0.25, 0.3) is 0 Å². The lowest BCUT2D eigenvalue weighted by Crippen LogP contribution is -2.26. The first-order chi connectivity index (χ1) is 9.36. The summed E-state index contributed by atoms with van der Waals surface area (Å²) >= 11 is 0. The molecular formula is C14H14F3NO2. The highest BCUT2D eigenvalue weighted by molar-refractivity contribution is 5.74. The monoisotopic (exact) mass is 285 g/mol. The number of fused-ring (bicyclic) bond motifs is 1. The van der Waals surface area contributed by atoms with Crippen molar-refractivity contribution in [3.63, 3.8) is 0 Å². The Bertz CT molecular complexity index is 531. The third-order valence-electron chi connectivity index (χ3n) is 4.22. The Balaban J connectivity index is 1.62. The van der Waals surface area contributed by atoms with E-state index in [4.69, 9.17) is 5.11 Å². The number of aliphatic carboxylic acids is 1. The molecule has 1 saturated heterocycles. The molecule has 0 amide bonds. The van der Waals surface area contributed by atoms with Crippen molar-refractivity contribution in [1.29, 1.82) is 0 Å². The van der Waals surface area contributed by atoms with Crippen molar-refractivity contribution in [2.24, 2.45) is 17.8 Å². The van der Waals surface area contributed by atoms with Gasteiger partial charge in [-0.1, -0.05) is 18.2 Å². The minimum atomic E-state index is -4.32. The van der Waals surface area contributed by atoms with Crippen molar-refractivity contribution >= 4 is 5.97 Å². The topological polar surface area (TPSA) is 40.5 Å². The maximum absolute atomic E-state index is 12.6. The summed E-state index contributed by atoms with van der Waals surface area (Å²) in [6.45, 7) is 1.78. The van der Waals surface area contributed by atoms with E-state index in [1.807, 2.05) is 4.90 Å². The predicted molar refractivity (Wildman–Crippen MR) is 64.8 cm³/mol. The zero-order valence-electron chi connectivity index (χ0n) is 10.6. The number of carboxylic acids is 1. The van der Waals surface area contributed by atoms with E-state index in [2.05, 4.69) is 0 Å². The standard InChI is InChI=1S/C14H14F3NO2/c15-14(16,17)9-3-1-2-8(4-9)5-18-6-10-11(7-18)12(10)13(19)20/h1-4,10-12H,5-7H2,(H,19,20). The van der Waals surface area contributed by atoms with Crippen molar-refractivity contribution in [3.8, 4) is 0 Å². The Morgan fingerprint density at radius 2 is 1.95 bits per heavy atom. The highest BCUT2D eigenvalue weighted by Gasteiger charge is 2.59. The molecule has 2 aliphatic rings. The van der Waals surface area contributed by atoms with Crippen LogP contribution in [0.3, 0.4) is 0 Å². The number of likely N-dealkylation sites (tertiary alicyclic amines) is 1. The van der Waals surface area contributed by atoms with Crippen molar-refractivity contribution in [3.05, 3.63) is 35.4 Å². The minimum Gasteiger partial charge on any atom is -0.481 e.